The van der Waals surface area contributed by atoms with Gasteiger partial charge in [0, 0.05) is 0 Å². The molecule has 100 valence electrons. The highest BCUT2D eigenvalue weighted by atomic mass is 19.4. The Labute approximate surface area is 102 Å². The smallest absolute Gasteiger partial charge is 0.171 e. The number of hydrogen-bond donors (Lipinski definition) is 0. The van der Waals surface area contributed by atoms with Gasteiger partial charge in [-0.2, -0.15) is 13.2 Å². The molecular formula is C14H23F3. The van der Waals surface area contributed by atoms with E-state index < -0.39 is 12.1 Å². The zero-order valence-corrected chi connectivity index (χ0v) is 10.8. The van der Waals surface area contributed by atoms with Crippen LogP contribution in [0, 0.1) is 29.6 Å². The second kappa shape index (κ2) is 4.81. The SMILES string of the molecule is CC1CC(C2CCC(C(F)(F)F)CC2)CC1C. The Morgan fingerprint density at radius 2 is 1.24 bits per heavy atom. The molecular weight excluding hydrogens is 225 g/mol. The fraction of sp³-hybridized carbons (Fsp3) is 1.00. The molecule has 0 aromatic carbocycles. The molecule has 2 rings (SSSR count). The van der Waals surface area contributed by atoms with E-state index in [0.717, 1.165) is 24.7 Å². The molecule has 2 atom stereocenters. The summed E-state index contributed by atoms with van der Waals surface area (Å²) in [5, 5.41) is 0. The van der Waals surface area contributed by atoms with E-state index in [1.54, 1.807) is 0 Å². The largest absolute Gasteiger partial charge is 0.391 e. The summed E-state index contributed by atoms with van der Waals surface area (Å²) >= 11 is 0. The monoisotopic (exact) mass is 248 g/mol. The maximum absolute atomic E-state index is 12.6. The summed E-state index contributed by atoms with van der Waals surface area (Å²) in [4.78, 5) is 0. The molecule has 3 heteroatoms. The van der Waals surface area contributed by atoms with E-state index in [1.807, 2.05) is 0 Å². The molecule has 0 radical (unpaired) electrons. The van der Waals surface area contributed by atoms with Crippen LogP contribution in [-0.4, -0.2) is 6.18 Å². The van der Waals surface area contributed by atoms with Gasteiger partial charge < -0.3 is 0 Å². The van der Waals surface area contributed by atoms with Crippen molar-refractivity contribution in [3.63, 3.8) is 0 Å². The highest BCUT2D eigenvalue weighted by Gasteiger charge is 2.43. The molecule has 0 nitrogen and oxygen atoms in total. The van der Waals surface area contributed by atoms with Crippen LogP contribution in [-0.2, 0) is 0 Å². The molecule has 2 aliphatic rings. The third-order valence-electron chi connectivity index (χ3n) is 5.22. The summed E-state index contributed by atoms with van der Waals surface area (Å²) in [6.07, 6.45) is 0.857. The minimum atomic E-state index is -3.96. The molecule has 0 bridgehead atoms. The number of rotatable bonds is 1. The Bertz CT molecular complexity index is 241. The van der Waals surface area contributed by atoms with Gasteiger partial charge in [0.05, 0.1) is 5.92 Å². The van der Waals surface area contributed by atoms with Crippen molar-refractivity contribution in [3.8, 4) is 0 Å². The first-order valence-electron chi connectivity index (χ1n) is 6.94. The molecule has 0 amide bonds. The lowest BCUT2D eigenvalue weighted by atomic mass is 9.74. The zero-order valence-electron chi connectivity index (χ0n) is 10.8. The summed E-state index contributed by atoms with van der Waals surface area (Å²) in [5.41, 5.74) is 0. The Kier molecular flexibility index (Phi) is 3.74. The van der Waals surface area contributed by atoms with Crippen LogP contribution in [0.25, 0.3) is 0 Å². The van der Waals surface area contributed by atoms with Gasteiger partial charge in [0.15, 0.2) is 0 Å². The molecule has 0 spiro atoms. The van der Waals surface area contributed by atoms with Crippen molar-refractivity contribution in [2.45, 2.75) is 58.5 Å². The molecule has 0 aromatic rings. The first-order valence-corrected chi connectivity index (χ1v) is 6.94. The summed E-state index contributed by atoms with van der Waals surface area (Å²) in [6, 6.07) is 0. The average molecular weight is 248 g/mol. The van der Waals surface area contributed by atoms with Gasteiger partial charge in [-0.3, -0.25) is 0 Å². The van der Waals surface area contributed by atoms with Crippen LogP contribution in [0.3, 0.4) is 0 Å². The number of halogens is 3. The maximum atomic E-state index is 12.6. The summed E-state index contributed by atoms with van der Waals surface area (Å²) in [5.74, 6) is 1.78. The lowest BCUT2D eigenvalue weighted by Gasteiger charge is -2.33. The molecule has 0 saturated heterocycles. The van der Waals surface area contributed by atoms with Gasteiger partial charge in [-0.25, -0.2) is 0 Å². The second-order valence-corrected chi connectivity index (χ2v) is 6.34. The van der Waals surface area contributed by atoms with Gasteiger partial charge in [0.2, 0.25) is 0 Å². The molecule has 2 aliphatic carbocycles. The standard InChI is InChI=1S/C14H23F3/c1-9-7-12(8-10(9)2)11-3-5-13(6-4-11)14(15,16)17/h9-13H,3-8H2,1-2H3. The van der Waals surface area contributed by atoms with Crippen molar-refractivity contribution >= 4 is 0 Å². The van der Waals surface area contributed by atoms with Crippen LogP contribution < -0.4 is 0 Å². The number of hydrogen-bond acceptors (Lipinski definition) is 0. The van der Waals surface area contributed by atoms with Crippen molar-refractivity contribution < 1.29 is 13.2 Å². The highest BCUT2D eigenvalue weighted by Crippen LogP contribution is 2.47. The van der Waals surface area contributed by atoms with Gasteiger partial charge in [0.25, 0.3) is 0 Å². The Hall–Kier alpha value is -0.210. The second-order valence-electron chi connectivity index (χ2n) is 6.34. The topological polar surface area (TPSA) is 0 Å². The van der Waals surface area contributed by atoms with Crippen LogP contribution in [0.2, 0.25) is 0 Å². The average Bonchev–Trinajstić information content (AvgIpc) is 2.58. The Balaban J connectivity index is 1.84. The van der Waals surface area contributed by atoms with E-state index in [4.69, 9.17) is 0 Å². The lowest BCUT2D eigenvalue weighted by Crippen LogP contribution is -2.29. The third-order valence-corrected chi connectivity index (χ3v) is 5.22. The molecule has 0 N–H and O–H groups in total. The van der Waals surface area contributed by atoms with E-state index >= 15 is 0 Å². The van der Waals surface area contributed by atoms with Gasteiger partial charge in [-0.05, 0) is 62.2 Å². The minimum Gasteiger partial charge on any atom is -0.171 e. The Morgan fingerprint density at radius 1 is 0.765 bits per heavy atom. The third kappa shape index (κ3) is 2.97. The molecule has 0 aromatic heterocycles. The van der Waals surface area contributed by atoms with Crippen molar-refractivity contribution in [3.05, 3.63) is 0 Å². The molecule has 0 aliphatic heterocycles. The van der Waals surface area contributed by atoms with Crippen molar-refractivity contribution in [1.29, 1.82) is 0 Å². The number of alkyl halides is 3. The van der Waals surface area contributed by atoms with Crippen LogP contribution >= 0.6 is 0 Å². The van der Waals surface area contributed by atoms with Gasteiger partial charge in [0.1, 0.15) is 0 Å². The van der Waals surface area contributed by atoms with Gasteiger partial charge in [-0.15, -0.1) is 0 Å². The van der Waals surface area contributed by atoms with E-state index in [1.165, 1.54) is 12.8 Å². The summed E-state index contributed by atoms with van der Waals surface area (Å²) < 4.78 is 37.7. The molecule has 2 fully saturated rings. The Morgan fingerprint density at radius 3 is 1.65 bits per heavy atom. The van der Waals surface area contributed by atoms with E-state index in [2.05, 4.69) is 13.8 Å². The van der Waals surface area contributed by atoms with Crippen LogP contribution in [0.1, 0.15) is 52.4 Å². The van der Waals surface area contributed by atoms with E-state index in [-0.39, 0.29) is 0 Å². The van der Waals surface area contributed by atoms with Crippen LogP contribution in [0.4, 0.5) is 13.2 Å². The first kappa shape index (κ1) is 13.2. The van der Waals surface area contributed by atoms with Crippen molar-refractivity contribution in [2.75, 3.05) is 0 Å². The molecule has 2 saturated carbocycles. The molecule has 0 heterocycles. The fourth-order valence-corrected chi connectivity index (χ4v) is 3.82. The predicted molar refractivity (Wildman–Crippen MR) is 62.6 cm³/mol. The van der Waals surface area contributed by atoms with Crippen molar-refractivity contribution in [2.24, 2.45) is 29.6 Å². The van der Waals surface area contributed by atoms with Crippen molar-refractivity contribution in [1.82, 2.24) is 0 Å². The van der Waals surface area contributed by atoms with E-state index in [0.29, 0.717) is 24.7 Å². The predicted octanol–water partition coefficient (Wildman–Crippen LogP) is 5.04. The maximum Gasteiger partial charge on any atom is 0.391 e. The molecule has 17 heavy (non-hydrogen) atoms. The highest BCUT2D eigenvalue weighted by molar-refractivity contribution is 4.86. The fourth-order valence-electron chi connectivity index (χ4n) is 3.82. The summed E-state index contributed by atoms with van der Waals surface area (Å²) in [7, 11) is 0. The lowest BCUT2D eigenvalue weighted by molar-refractivity contribution is -0.184. The molecule has 2 unspecified atom stereocenters. The van der Waals surface area contributed by atoms with Crippen LogP contribution in [0.5, 0.6) is 0 Å². The van der Waals surface area contributed by atoms with Gasteiger partial charge >= 0.3 is 6.18 Å². The summed E-state index contributed by atoms with van der Waals surface area (Å²) in [6.45, 7) is 4.57. The normalized spacial score (nSPS) is 43.9. The van der Waals surface area contributed by atoms with E-state index in [9.17, 15) is 13.2 Å². The zero-order chi connectivity index (χ0) is 12.6. The van der Waals surface area contributed by atoms with Gasteiger partial charge in [-0.1, -0.05) is 13.8 Å². The quantitative estimate of drug-likeness (QED) is 0.610. The first-order chi connectivity index (χ1) is 7.88. The van der Waals surface area contributed by atoms with Crippen LogP contribution in [0.15, 0.2) is 0 Å². The minimum absolute atomic E-state index is 0.368.